The molecule has 2 fully saturated rings. The first-order chi connectivity index (χ1) is 6.37. The molecule has 0 radical (unpaired) electrons. The molecule has 13 heavy (non-hydrogen) atoms. The summed E-state index contributed by atoms with van der Waals surface area (Å²) < 4.78 is 0. The normalized spacial score (nSPS) is 29.3. The highest BCUT2D eigenvalue weighted by Crippen LogP contribution is 2.34. The van der Waals surface area contributed by atoms with E-state index < -0.39 is 0 Å². The van der Waals surface area contributed by atoms with Crippen LogP contribution in [0.25, 0.3) is 0 Å². The number of piperazine rings is 1. The Morgan fingerprint density at radius 1 is 1.15 bits per heavy atom. The van der Waals surface area contributed by atoms with Crippen LogP contribution in [-0.2, 0) is 0 Å². The average Bonchev–Trinajstić information content (AvgIpc) is 2.69. The second-order valence-corrected chi connectivity index (χ2v) is 4.33. The SMILES string of the molecule is OCC1(N2CCNCC2)CCCC1. The fourth-order valence-corrected chi connectivity index (χ4v) is 2.75. The van der Waals surface area contributed by atoms with Crippen LogP contribution >= 0.6 is 0 Å². The summed E-state index contributed by atoms with van der Waals surface area (Å²) in [7, 11) is 0. The summed E-state index contributed by atoms with van der Waals surface area (Å²) in [6.07, 6.45) is 4.99. The van der Waals surface area contributed by atoms with Crippen molar-refractivity contribution in [3.05, 3.63) is 0 Å². The van der Waals surface area contributed by atoms with Crippen LogP contribution in [0.15, 0.2) is 0 Å². The van der Waals surface area contributed by atoms with Gasteiger partial charge in [-0.1, -0.05) is 12.8 Å². The van der Waals surface area contributed by atoms with Crippen molar-refractivity contribution in [1.82, 2.24) is 10.2 Å². The molecule has 0 unspecified atom stereocenters. The number of hydrogen-bond acceptors (Lipinski definition) is 3. The van der Waals surface area contributed by atoms with E-state index in [0.717, 1.165) is 26.2 Å². The molecular formula is C10H20N2O. The fourth-order valence-electron chi connectivity index (χ4n) is 2.75. The second kappa shape index (κ2) is 3.95. The predicted molar refractivity (Wildman–Crippen MR) is 52.7 cm³/mol. The number of rotatable bonds is 2. The van der Waals surface area contributed by atoms with Crippen molar-refractivity contribution >= 4 is 0 Å². The lowest BCUT2D eigenvalue weighted by molar-refractivity contribution is 0.0252. The first-order valence-corrected chi connectivity index (χ1v) is 5.44. The molecule has 2 N–H and O–H groups in total. The van der Waals surface area contributed by atoms with Crippen molar-refractivity contribution in [1.29, 1.82) is 0 Å². The Labute approximate surface area is 80.1 Å². The van der Waals surface area contributed by atoms with Gasteiger partial charge >= 0.3 is 0 Å². The summed E-state index contributed by atoms with van der Waals surface area (Å²) in [5.74, 6) is 0. The Hall–Kier alpha value is -0.120. The van der Waals surface area contributed by atoms with Gasteiger partial charge in [-0.2, -0.15) is 0 Å². The van der Waals surface area contributed by atoms with Crippen molar-refractivity contribution in [2.45, 2.75) is 31.2 Å². The van der Waals surface area contributed by atoms with Crippen molar-refractivity contribution in [3.8, 4) is 0 Å². The summed E-state index contributed by atoms with van der Waals surface area (Å²) in [5, 5.41) is 12.9. The fraction of sp³-hybridized carbons (Fsp3) is 1.00. The molecule has 0 aromatic heterocycles. The molecule has 1 aliphatic heterocycles. The highest BCUT2D eigenvalue weighted by Gasteiger charge is 2.39. The smallest absolute Gasteiger partial charge is 0.0615 e. The van der Waals surface area contributed by atoms with Gasteiger partial charge in [-0.25, -0.2) is 0 Å². The van der Waals surface area contributed by atoms with Gasteiger partial charge in [0.2, 0.25) is 0 Å². The quantitative estimate of drug-likeness (QED) is 0.643. The zero-order valence-electron chi connectivity index (χ0n) is 8.26. The number of nitrogens with zero attached hydrogens (tertiary/aromatic N) is 1. The Kier molecular flexibility index (Phi) is 2.86. The number of aliphatic hydroxyl groups excluding tert-OH is 1. The van der Waals surface area contributed by atoms with Crippen LogP contribution in [0, 0.1) is 0 Å². The van der Waals surface area contributed by atoms with E-state index in [1.54, 1.807) is 0 Å². The molecule has 3 nitrogen and oxygen atoms in total. The average molecular weight is 184 g/mol. The number of aliphatic hydroxyl groups is 1. The maximum atomic E-state index is 9.51. The molecule has 76 valence electrons. The highest BCUT2D eigenvalue weighted by molar-refractivity contribution is 4.95. The molecule has 1 saturated heterocycles. The van der Waals surface area contributed by atoms with Crippen molar-refractivity contribution in [2.24, 2.45) is 0 Å². The van der Waals surface area contributed by atoms with Crippen LogP contribution in [0.1, 0.15) is 25.7 Å². The monoisotopic (exact) mass is 184 g/mol. The third kappa shape index (κ3) is 1.73. The van der Waals surface area contributed by atoms with Gasteiger partial charge in [0.1, 0.15) is 0 Å². The minimum absolute atomic E-state index is 0.155. The van der Waals surface area contributed by atoms with Gasteiger partial charge in [0.25, 0.3) is 0 Å². The van der Waals surface area contributed by atoms with Crippen LogP contribution in [0.3, 0.4) is 0 Å². The molecule has 1 heterocycles. The third-order valence-electron chi connectivity index (χ3n) is 3.62. The lowest BCUT2D eigenvalue weighted by Gasteiger charge is -2.42. The van der Waals surface area contributed by atoms with Crippen molar-refractivity contribution < 1.29 is 5.11 Å². The molecule has 0 aromatic rings. The van der Waals surface area contributed by atoms with Gasteiger partial charge in [-0.05, 0) is 12.8 Å². The maximum Gasteiger partial charge on any atom is 0.0615 e. The lowest BCUT2D eigenvalue weighted by atomic mass is 9.95. The van der Waals surface area contributed by atoms with E-state index in [2.05, 4.69) is 10.2 Å². The Bertz CT molecular complexity index is 160. The highest BCUT2D eigenvalue weighted by atomic mass is 16.3. The lowest BCUT2D eigenvalue weighted by Crippen LogP contribution is -2.56. The van der Waals surface area contributed by atoms with Gasteiger partial charge in [-0.3, -0.25) is 4.90 Å². The summed E-state index contributed by atoms with van der Waals surface area (Å²) in [5.41, 5.74) is 0.155. The summed E-state index contributed by atoms with van der Waals surface area (Å²) in [6, 6.07) is 0. The van der Waals surface area contributed by atoms with Crippen molar-refractivity contribution in [3.63, 3.8) is 0 Å². The van der Waals surface area contributed by atoms with Crippen LogP contribution in [0.2, 0.25) is 0 Å². The van der Waals surface area contributed by atoms with E-state index in [1.165, 1.54) is 25.7 Å². The molecule has 0 aromatic carbocycles. The van der Waals surface area contributed by atoms with Gasteiger partial charge in [-0.15, -0.1) is 0 Å². The van der Waals surface area contributed by atoms with E-state index in [9.17, 15) is 5.11 Å². The first-order valence-electron chi connectivity index (χ1n) is 5.44. The first kappa shape index (κ1) is 9.44. The van der Waals surface area contributed by atoms with Gasteiger partial charge in [0.05, 0.1) is 6.61 Å². The van der Waals surface area contributed by atoms with Crippen LogP contribution in [0.5, 0.6) is 0 Å². The van der Waals surface area contributed by atoms with Crippen molar-refractivity contribution in [2.75, 3.05) is 32.8 Å². The number of hydrogen-bond donors (Lipinski definition) is 2. The van der Waals surface area contributed by atoms with Gasteiger partial charge < -0.3 is 10.4 Å². The molecule has 0 atom stereocenters. The van der Waals surface area contributed by atoms with Crippen LogP contribution in [0.4, 0.5) is 0 Å². The molecule has 0 bridgehead atoms. The van der Waals surface area contributed by atoms with E-state index in [0.29, 0.717) is 6.61 Å². The van der Waals surface area contributed by atoms with E-state index in [1.807, 2.05) is 0 Å². The van der Waals surface area contributed by atoms with Gasteiger partial charge in [0.15, 0.2) is 0 Å². The molecule has 3 heteroatoms. The molecule has 0 spiro atoms. The molecule has 1 saturated carbocycles. The standard InChI is InChI=1S/C10H20N2O/c13-9-10(3-1-2-4-10)12-7-5-11-6-8-12/h11,13H,1-9H2. The Morgan fingerprint density at radius 2 is 1.77 bits per heavy atom. The van der Waals surface area contributed by atoms with E-state index >= 15 is 0 Å². The predicted octanol–water partition coefficient (Wildman–Crippen LogP) is 0.197. The zero-order valence-corrected chi connectivity index (χ0v) is 8.26. The zero-order chi connectivity index (χ0) is 9.15. The molecule has 0 amide bonds. The van der Waals surface area contributed by atoms with Crippen LogP contribution < -0.4 is 5.32 Å². The topological polar surface area (TPSA) is 35.5 Å². The third-order valence-corrected chi connectivity index (χ3v) is 3.62. The van der Waals surface area contributed by atoms with Gasteiger partial charge in [0, 0.05) is 31.7 Å². The summed E-state index contributed by atoms with van der Waals surface area (Å²) in [4.78, 5) is 2.50. The molecule has 1 aliphatic carbocycles. The second-order valence-electron chi connectivity index (χ2n) is 4.33. The summed E-state index contributed by atoms with van der Waals surface area (Å²) >= 11 is 0. The van der Waals surface area contributed by atoms with Crippen LogP contribution in [-0.4, -0.2) is 48.3 Å². The molecular weight excluding hydrogens is 164 g/mol. The minimum Gasteiger partial charge on any atom is -0.394 e. The largest absolute Gasteiger partial charge is 0.394 e. The number of nitrogens with one attached hydrogen (secondary N) is 1. The maximum absolute atomic E-state index is 9.51. The molecule has 2 rings (SSSR count). The minimum atomic E-state index is 0.155. The Balaban J connectivity index is 2.01. The molecule has 2 aliphatic rings. The Morgan fingerprint density at radius 3 is 2.31 bits per heavy atom. The van der Waals surface area contributed by atoms with E-state index in [4.69, 9.17) is 0 Å². The summed E-state index contributed by atoms with van der Waals surface area (Å²) in [6.45, 7) is 4.75. The van der Waals surface area contributed by atoms with E-state index in [-0.39, 0.29) is 5.54 Å².